The molecule has 5 aromatic rings. The Hall–Kier alpha value is -5.10. The van der Waals surface area contributed by atoms with Gasteiger partial charge in [0.1, 0.15) is 23.2 Å². The molecule has 0 saturated carbocycles. The lowest BCUT2D eigenvalue weighted by atomic mass is 9.81. The van der Waals surface area contributed by atoms with E-state index in [4.69, 9.17) is 16.2 Å². The van der Waals surface area contributed by atoms with Crippen molar-refractivity contribution < 1.29 is 9.66 Å². The van der Waals surface area contributed by atoms with Crippen molar-refractivity contribution >= 4 is 39.0 Å². The highest BCUT2D eigenvalue weighted by molar-refractivity contribution is 6.11. The fourth-order valence-corrected chi connectivity index (χ4v) is 4.74. The molecule has 5 N–H and O–H groups in total. The molecule has 0 bridgehead atoms. The Morgan fingerprint density at radius 2 is 1.82 bits per heavy atom. The van der Waals surface area contributed by atoms with E-state index >= 15 is 0 Å². The fourth-order valence-electron chi connectivity index (χ4n) is 4.74. The Morgan fingerprint density at radius 3 is 2.56 bits per heavy atom. The summed E-state index contributed by atoms with van der Waals surface area (Å²) in [6.45, 7) is 0. The predicted octanol–water partition coefficient (Wildman–Crippen LogP) is 4.95. The molecule has 164 valence electrons. The summed E-state index contributed by atoms with van der Waals surface area (Å²) in [6, 6.07) is 20.1. The molecule has 1 unspecified atom stereocenters. The SMILES string of the molecule is N#Cc1c(N)nc2c(c1N)C(c1ccc([N+](=O)[O-])cc1)c1ccc3[nH]c4ccccc4c3c1O2. The average Bonchev–Trinajstić information content (AvgIpc) is 3.22. The summed E-state index contributed by atoms with van der Waals surface area (Å²) in [5, 5.41) is 22.7. The molecule has 9 nitrogen and oxygen atoms in total. The van der Waals surface area contributed by atoms with Crippen LogP contribution in [0, 0.1) is 21.4 Å². The van der Waals surface area contributed by atoms with Crippen molar-refractivity contribution in [2.24, 2.45) is 0 Å². The molecule has 3 aromatic carbocycles. The van der Waals surface area contributed by atoms with Crippen molar-refractivity contribution in [1.82, 2.24) is 9.97 Å². The minimum Gasteiger partial charge on any atom is -0.437 e. The lowest BCUT2D eigenvalue weighted by Crippen LogP contribution is -2.17. The van der Waals surface area contributed by atoms with Crippen LogP contribution in [0.3, 0.4) is 0 Å². The Balaban J connectivity index is 1.69. The van der Waals surface area contributed by atoms with E-state index in [0.717, 1.165) is 32.9 Å². The van der Waals surface area contributed by atoms with Crippen LogP contribution in [0.1, 0.15) is 28.2 Å². The van der Waals surface area contributed by atoms with Gasteiger partial charge in [-0.25, -0.2) is 0 Å². The number of nitrogen functional groups attached to an aromatic ring is 2. The number of fused-ring (bicyclic) bond motifs is 6. The van der Waals surface area contributed by atoms with Crippen molar-refractivity contribution in [3.05, 3.63) is 93.0 Å². The molecule has 0 fully saturated rings. The van der Waals surface area contributed by atoms with Crippen LogP contribution in [0.25, 0.3) is 21.8 Å². The Labute approximate surface area is 192 Å². The van der Waals surface area contributed by atoms with E-state index in [2.05, 4.69) is 9.97 Å². The first-order chi connectivity index (χ1) is 16.5. The summed E-state index contributed by atoms with van der Waals surface area (Å²) in [4.78, 5) is 18.5. The fraction of sp³-hybridized carbons (Fsp3) is 0.0400. The highest BCUT2D eigenvalue weighted by Crippen LogP contribution is 2.53. The zero-order valence-corrected chi connectivity index (χ0v) is 17.6. The van der Waals surface area contributed by atoms with Crippen LogP contribution < -0.4 is 16.2 Å². The number of hydrogen-bond donors (Lipinski definition) is 3. The molecule has 0 saturated heterocycles. The van der Waals surface area contributed by atoms with Gasteiger partial charge in [0.25, 0.3) is 5.69 Å². The standard InChI is InChI=1S/C25H16N6O3/c26-11-16-22(27)21-19(12-5-7-13(8-6-12)31(32)33)15-9-10-18-20(14-3-1-2-4-17(14)29-18)23(15)34-25(21)30-24(16)28/h1-10,19,29H,(H4,27,28,30). The van der Waals surface area contributed by atoms with Crippen LogP contribution in [0.5, 0.6) is 11.6 Å². The number of nitro groups is 1. The summed E-state index contributed by atoms with van der Waals surface area (Å²) in [6.07, 6.45) is 0. The van der Waals surface area contributed by atoms with Gasteiger partial charge in [-0.1, -0.05) is 36.4 Å². The van der Waals surface area contributed by atoms with Crippen LogP contribution in [0.4, 0.5) is 17.2 Å². The number of pyridine rings is 1. The molecule has 2 aromatic heterocycles. The van der Waals surface area contributed by atoms with Gasteiger partial charge < -0.3 is 21.2 Å². The lowest BCUT2D eigenvalue weighted by molar-refractivity contribution is -0.384. The second kappa shape index (κ2) is 6.95. The number of non-ortho nitro benzene ring substituents is 1. The molecule has 3 heterocycles. The number of aromatic nitrogens is 2. The lowest BCUT2D eigenvalue weighted by Gasteiger charge is -2.30. The monoisotopic (exact) mass is 448 g/mol. The zero-order chi connectivity index (χ0) is 23.6. The van der Waals surface area contributed by atoms with E-state index in [0.29, 0.717) is 11.3 Å². The van der Waals surface area contributed by atoms with Gasteiger partial charge in [-0.15, -0.1) is 0 Å². The number of nitrogens with zero attached hydrogens (tertiary/aromatic N) is 3. The summed E-state index contributed by atoms with van der Waals surface area (Å²) in [5.41, 5.74) is 16.6. The van der Waals surface area contributed by atoms with Gasteiger partial charge in [0.2, 0.25) is 5.88 Å². The molecule has 1 atom stereocenters. The number of nitrogens with two attached hydrogens (primary N) is 2. The third-order valence-electron chi connectivity index (χ3n) is 6.27. The number of nitrogens with one attached hydrogen (secondary N) is 1. The van der Waals surface area contributed by atoms with Gasteiger partial charge in [-0.05, 0) is 17.7 Å². The quantitative estimate of drug-likeness (QED) is 0.250. The zero-order valence-electron chi connectivity index (χ0n) is 17.6. The summed E-state index contributed by atoms with van der Waals surface area (Å²) < 4.78 is 6.32. The molecule has 0 radical (unpaired) electrons. The molecule has 34 heavy (non-hydrogen) atoms. The molecule has 0 amide bonds. The van der Waals surface area contributed by atoms with Crippen molar-refractivity contribution in [3.8, 4) is 17.7 Å². The van der Waals surface area contributed by atoms with Gasteiger partial charge >= 0.3 is 0 Å². The second-order valence-corrected chi connectivity index (χ2v) is 8.08. The third-order valence-corrected chi connectivity index (χ3v) is 6.27. The number of aromatic amines is 1. The number of para-hydroxylation sites is 1. The number of hydrogen-bond acceptors (Lipinski definition) is 7. The highest BCUT2D eigenvalue weighted by Gasteiger charge is 2.35. The minimum absolute atomic E-state index is 0.0178. The van der Waals surface area contributed by atoms with E-state index in [1.54, 1.807) is 12.1 Å². The number of H-pyrrole nitrogens is 1. The number of rotatable bonds is 2. The van der Waals surface area contributed by atoms with Crippen LogP contribution in [-0.4, -0.2) is 14.9 Å². The maximum Gasteiger partial charge on any atom is 0.269 e. The number of nitro benzene ring substituents is 1. The molecule has 0 aliphatic carbocycles. The molecule has 9 heteroatoms. The van der Waals surface area contributed by atoms with Gasteiger partial charge in [0.15, 0.2) is 0 Å². The maximum atomic E-state index is 11.2. The second-order valence-electron chi connectivity index (χ2n) is 8.08. The molecular formula is C25H16N6O3. The van der Waals surface area contributed by atoms with E-state index in [1.807, 2.05) is 42.5 Å². The molecular weight excluding hydrogens is 432 g/mol. The first-order valence-corrected chi connectivity index (χ1v) is 10.4. The van der Waals surface area contributed by atoms with Crippen molar-refractivity contribution in [1.29, 1.82) is 5.26 Å². The van der Waals surface area contributed by atoms with E-state index < -0.39 is 10.8 Å². The summed E-state index contributed by atoms with van der Waals surface area (Å²) in [5.74, 6) is 0.318. The smallest absolute Gasteiger partial charge is 0.269 e. The predicted molar refractivity (Wildman–Crippen MR) is 128 cm³/mol. The average molecular weight is 448 g/mol. The minimum atomic E-state index is -0.474. The van der Waals surface area contributed by atoms with Crippen LogP contribution in [-0.2, 0) is 0 Å². The third kappa shape index (κ3) is 2.63. The van der Waals surface area contributed by atoms with Crippen molar-refractivity contribution in [2.75, 3.05) is 11.5 Å². The maximum absolute atomic E-state index is 11.2. The van der Waals surface area contributed by atoms with Crippen molar-refractivity contribution in [2.45, 2.75) is 5.92 Å². The number of benzene rings is 3. The normalized spacial score (nSPS) is 14.3. The topological polar surface area (TPSA) is 157 Å². The van der Waals surface area contributed by atoms with Crippen LogP contribution in [0.2, 0.25) is 0 Å². The largest absolute Gasteiger partial charge is 0.437 e. The van der Waals surface area contributed by atoms with Gasteiger partial charge in [-0.2, -0.15) is 10.2 Å². The first kappa shape index (κ1) is 19.6. The van der Waals surface area contributed by atoms with Gasteiger partial charge in [0, 0.05) is 34.5 Å². The summed E-state index contributed by atoms with van der Waals surface area (Å²) >= 11 is 0. The number of ether oxygens (including phenoxy) is 1. The van der Waals surface area contributed by atoms with Gasteiger partial charge in [0.05, 0.1) is 27.1 Å². The summed E-state index contributed by atoms with van der Waals surface area (Å²) in [7, 11) is 0. The number of nitriles is 1. The van der Waals surface area contributed by atoms with Crippen LogP contribution >= 0.6 is 0 Å². The molecule has 1 aliphatic rings. The Kier molecular flexibility index (Phi) is 4.00. The molecule has 6 rings (SSSR count). The Morgan fingerprint density at radius 1 is 1.06 bits per heavy atom. The van der Waals surface area contributed by atoms with E-state index in [1.165, 1.54) is 12.1 Å². The number of anilines is 2. The van der Waals surface area contributed by atoms with Crippen LogP contribution in [0.15, 0.2) is 60.7 Å². The Bertz CT molecular complexity index is 1700. The molecule has 0 spiro atoms. The van der Waals surface area contributed by atoms with Gasteiger partial charge in [-0.3, -0.25) is 10.1 Å². The highest BCUT2D eigenvalue weighted by atomic mass is 16.6. The van der Waals surface area contributed by atoms with Crippen molar-refractivity contribution in [3.63, 3.8) is 0 Å². The van der Waals surface area contributed by atoms with E-state index in [-0.39, 0.29) is 28.6 Å². The molecule has 1 aliphatic heterocycles. The van der Waals surface area contributed by atoms with E-state index in [9.17, 15) is 15.4 Å². The first-order valence-electron chi connectivity index (χ1n) is 10.4.